The largest absolute Gasteiger partial charge is 0.495 e. The first kappa shape index (κ1) is 17.4. The molecule has 1 atom stereocenters. The van der Waals surface area contributed by atoms with Gasteiger partial charge in [-0.25, -0.2) is 0 Å². The smallest absolute Gasteiger partial charge is 0.253 e. The van der Waals surface area contributed by atoms with Crippen molar-refractivity contribution in [2.45, 2.75) is 13.0 Å². The first-order valence-corrected chi connectivity index (χ1v) is 7.98. The number of hydrogen-bond acceptors (Lipinski definition) is 4. The molecule has 0 spiro atoms. The van der Waals surface area contributed by atoms with E-state index in [4.69, 9.17) is 9.84 Å². The Balaban J connectivity index is 3.05. The van der Waals surface area contributed by atoms with Crippen LogP contribution in [0.2, 0.25) is 0 Å². The number of rotatable bonds is 5. The summed E-state index contributed by atoms with van der Waals surface area (Å²) < 4.78 is 5.21. The van der Waals surface area contributed by atoms with Crippen molar-refractivity contribution in [3.63, 3.8) is 0 Å². The van der Waals surface area contributed by atoms with E-state index in [9.17, 15) is 4.79 Å². The minimum atomic E-state index is -0.230. The molecule has 1 unspecified atom stereocenters. The van der Waals surface area contributed by atoms with Gasteiger partial charge in [0.05, 0.1) is 12.7 Å². The van der Waals surface area contributed by atoms with Gasteiger partial charge in [-0.15, -0.1) is 0 Å². The number of carbonyl (C=O) groups is 1. The van der Waals surface area contributed by atoms with Gasteiger partial charge in [-0.1, -0.05) is 11.8 Å². The molecule has 0 radical (unpaired) electrons. The minimum Gasteiger partial charge on any atom is -0.495 e. The van der Waals surface area contributed by atoms with Crippen LogP contribution in [0.25, 0.3) is 0 Å². The van der Waals surface area contributed by atoms with Gasteiger partial charge in [-0.2, -0.15) is 11.8 Å². The van der Waals surface area contributed by atoms with Crippen molar-refractivity contribution in [3.05, 3.63) is 29.3 Å². The van der Waals surface area contributed by atoms with Gasteiger partial charge in [0.25, 0.3) is 5.91 Å². The van der Waals surface area contributed by atoms with E-state index in [1.165, 1.54) is 0 Å². The first-order chi connectivity index (χ1) is 10.0. The van der Waals surface area contributed by atoms with Crippen LogP contribution >= 0.6 is 11.8 Å². The average molecular weight is 307 g/mol. The molecule has 0 aromatic heterocycles. The maximum absolute atomic E-state index is 12.5. The zero-order chi connectivity index (χ0) is 15.8. The molecule has 0 aliphatic carbocycles. The van der Waals surface area contributed by atoms with Crippen LogP contribution < -0.4 is 4.74 Å². The van der Waals surface area contributed by atoms with Crippen LogP contribution in [0, 0.1) is 11.8 Å². The molecule has 21 heavy (non-hydrogen) atoms. The molecule has 0 saturated heterocycles. The van der Waals surface area contributed by atoms with Gasteiger partial charge in [0.1, 0.15) is 12.4 Å². The Hall–Kier alpha value is -1.64. The second kappa shape index (κ2) is 8.60. The van der Waals surface area contributed by atoms with E-state index in [2.05, 4.69) is 11.8 Å². The standard InChI is InChI=1S/C16H21NO3S/c1-12(11-21-4)17(2)16(19)14-7-8-15(20-3)13(10-14)6-5-9-18/h7-8,10,12,18H,9,11H2,1-4H3. The number of nitrogens with zero attached hydrogens (tertiary/aromatic N) is 1. The van der Waals surface area contributed by atoms with Crippen molar-refractivity contribution in [1.29, 1.82) is 0 Å². The van der Waals surface area contributed by atoms with Crippen LogP contribution in [0.3, 0.4) is 0 Å². The molecule has 1 aromatic rings. The van der Waals surface area contributed by atoms with E-state index in [-0.39, 0.29) is 18.6 Å². The van der Waals surface area contributed by atoms with Crippen LogP contribution in [0.15, 0.2) is 18.2 Å². The van der Waals surface area contributed by atoms with Crippen molar-refractivity contribution in [3.8, 4) is 17.6 Å². The second-order valence-electron chi connectivity index (χ2n) is 4.60. The molecule has 0 aliphatic heterocycles. The summed E-state index contributed by atoms with van der Waals surface area (Å²) in [5, 5.41) is 8.80. The van der Waals surface area contributed by atoms with Crippen molar-refractivity contribution in [2.75, 3.05) is 32.8 Å². The van der Waals surface area contributed by atoms with Crippen LogP contribution in [0.1, 0.15) is 22.8 Å². The van der Waals surface area contributed by atoms with Gasteiger partial charge in [-0.05, 0) is 31.4 Å². The highest BCUT2D eigenvalue weighted by molar-refractivity contribution is 7.98. The number of carbonyl (C=O) groups excluding carboxylic acids is 1. The van der Waals surface area contributed by atoms with Gasteiger partial charge in [-0.3, -0.25) is 4.79 Å². The van der Waals surface area contributed by atoms with Gasteiger partial charge >= 0.3 is 0 Å². The number of benzene rings is 1. The maximum Gasteiger partial charge on any atom is 0.253 e. The van der Waals surface area contributed by atoms with Crippen molar-refractivity contribution >= 4 is 17.7 Å². The normalized spacial score (nSPS) is 11.3. The third-order valence-corrected chi connectivity index (χ3v) is 3.95. The van der Waals surface area contributed by atoms with Gasteiger partial charge in [0.15, 0.2) is 0 Å². The van der Waals surface area contributed by atoms with E-state index in [1.807, 2.05) is 13.2 Å². The minimum absolute atomic E-state index is 0.0498. The topological polar surface area (TPSA) is 49.8 Å². The predicted octanol–water partition coefficient (Wildman–Crippen LogP) is 1.86. The Morgan fingerprint density at radius 2 is 2.24 bits per heavy atom. The average Bonchev–Trinajstić information content (AvgIpc) is 2.51. The number of aliphatic hydroxyl groups is 1. The SMILES string of the molecule is COc1ccc(C(=O)N(C)C(C)CSC)cc1C#CCO. The molecule has 0 aliphatic rings. The van der Waals surface area contributed by atoms with Crippen molar-refractivity contribution < 1.29 is 14.6 Å². The van der Waals surface area contributed by atoms with E-state index in [0.717, 1.165) is 5.75 Å². The molecule has 0 saturated carbocycles. The summed E-state index contributed by atoms with van der Waals surface area (Å²) in [6, 6.07) is 5.31. The van der Waals surface area contributed by atoms with Gasteiger partial charge in [0.2, 0.25) is 0 Å². The third kappa shape index (κ3) is 4.69. The third-order valence-electron chi connectivity index (χ3n) is 3.14. The summed E-state index contributed by atoms with van der Waals surface area (Å²) in [6.07, 6.45) is 2.02. The summed E-state index contributed by atoms with van der Waals surface area (Å²) in [5.41, 5.74) is 1.16. The lowest BCUT2D eigenvalue weighted by molar-refractivity contribution is 0.0757. The second-order valence-corrected chi connectivity index (χ2v) is 5.51. The molecule has 0 fully saturated rings. The van der Waals surface area contributed by atoms with Crippen molar-refractivity contribution in [2.24, 2.45) is 0 Å². The Kier molecular flexibility index (Phi) is 7.13. The first-order valence-electron chi connectivity index (χ1n) is 6.59. The molecule has 114 valence electrons. The molecule has 5 heteroatoms. The molecule has 1 rings (SSSR count). The Labute approximate surface area is 130 Å². The summed E-state index contributed by atoms with van der Waals surface area (Å²) in [4.78, 5) is 14.2. The quantitative estimate of drug-likeness (QED) is 0.844. The number of thioether (sulfide) groups is 1. The van der Waals surface area contributed by atoms with Gasteiger partial charge < -0.3 is 14.7 Å². The summed E-state index contributed by atoms with van der Waals surface area (Å²) in [7, 11) is 3.35. The summed E-state index contributed by atoms with van der Waals surface area (Å²) >= 11 is 1.71. The van der Waals surface area contributed by atoms with E-state index in [1.54, 1.807) is 49.0 Å². The predicted molar refractivity (Wildman–Crippen MR) is 86.9 cm³/mol. The van der Waals surface area contributed by atoms with E-state index >= 15 is 0 Å². The molecule has 1 aromatic carbocycles. The Morgan fingerprint density at radius 3 is 2.81 bits per heavy atom. The molecular formula is C16H21NO3S. The zero-order valence-electron chi connectivity index (χ0n) is 12.8. The highest BCUT2D eigenvalue weighted by atomic mass is 32.2. The number of amides is 1. The van der Waals surface area contributed by atoms with Crippen LogP contribution in [0.5, 0.6) is 5.75 Å². The van der Waals surface area contributed by atoms with E-state index < -0.39 is 0 Å². The Morgan fingerprint density at radius 1 is 1.52 bits per heavy atom. The number of hydrogen-bond donors (Lipinski definition) is 1. The maximum atomic E-state index is 12.5. The molecule has 4 nitrogen and oxygen atoms in total. The molecule has 0 bridgehead atoms. The number of aliphatic hydroxyl groups excluding tert-OH is 1. The van der Waals surface area contributed by atoms with Crippen LogP contribution in [0.4, 0.5) is 0 Å². The fourth-order valence-electron chi connectivity index (χ4n) is 1.83. The fraction of sp³-hybridized carbons (Fsp3) is 0.438. The Bertz CT molecular complexity index is 548. The highest BCUT2D eigenvalue weighted by Gasteiger charge is 2.18. The molecule has 1 N–H and O–H groups in total. The molecule has 0 heterocycles. The van der Waals surface area contributed by atoms with E-state index in [0.29, 0.717) is 16.9 Å². The van der Waals surface area contributed by atoms with Crippen LogP contribution in [-0.4, -0.2) is 54.7 Å². The lowest BCUT2D eigenvalue weighted by Gasteiger charge is -2.24. The van der Waals surface area contributed by atoms with Crippen LogP contribution in [-0.2, 0) is 0 Å². The molecule has 1 amide bonds. The molecular weight excluding hydrogens is 286 g/mol. The van der Waals surface area contributed by atoms with Gasteiger partial charge in [0, 0.05) is 24.4 Å². The fourth-order valence-corrected chi connectivity index (χ4v) is 2.54. The number of methoxy groups -OCH3 is 1. The summed E-state index contributed by atoms with van der Waals surface area (Å²) in [5.74, 6) is 6.80. The number of ether oxygens (including phenoxy) is 1. The highest BCUT2D eigenvalue weighted by Crippen LogP contribution is 2.20. The monoisotopic (exact) mass is 307 g/mol. The zero-order valence-corrected chi connectivity index (χ0v) is 13.7. The summed E-state index contributed by atoms with van der Waals surface area (Å²) in [6.45, 7) is 1.79. The van der Waals surface area contributed by atoms with Crippen molar-refractivity contribution in [1.82, 2.24) is 4.90 Å². The lowest BCUT2D eigenvalue weighted by Crippen LogP contribution is -2.36. The lowest BCUT2D eigenvalue weighted by atomic mass is 10.1.